The summed E-state index contributed by atoms with van der Waals surface area (Å²) in [5.41, 5.74) is 6.13. The monoisotopic (exact) mass is 531 g/mol. The second-order valence-electron chi connectivity index (χ2n) is 9.48. The smallest absolute Gasteiger partial charge is 0.266 e. The molecule has 1 aliphatic heterocycles. The second kappa shape index (κ2) is 11.7. The lowest BCUT2D eigenvalue weighted by Crippen LogP contribution is -2.47. The van der Waals surface area contributed by atoms with Gasteiger partial charge in [0.25, 0.3) is 6.43 Å². The van der Waals surface area contributed by atoms with Gasteiger partial charge in [0.2, 0.25) is 17.8 Å². The van der Waals surface area contributed by atoms with E-state index in [2.05, 4.69) is 15.3 Å². The summed E-state index contributed by atoms with van der Waals surface area (Å²) in [6.07, 6.45) is -2.68. The first-order valence-electron chi connectivity index (χ1n) is 12.3. The Kier molecular flexibility index (Phi) is 8.43. The number of hydrogen-bond donors (Lipinski definition) is 2. The minimum Gasteiger partial charge on any atom is -0.401 e. The topological polar surface area (TPSA) is 101 Å². The molecule has 0 spiro atoms. The number of halogens is 4. The van der Waals surface area contributed by atoms with Crippen LogP contribution < -0.4 is 11.1 Å². The summed E-state index contributed by atoms with van der Waals surface area (Å²) in [5.74, 6) is -1.89. The average molecular weight is 532 g/mol. The van der Waals surface area contributed by atoms with Gasteiger partial charge in [-0.15, -0.1) is 0 Å². The summed E-state index contributed by atoms with van der Waals surface area (Å²) in [4.78, 5) is 35.0. The normalized spacial score (nSPS) is 21.1. The minimum absolute atomic E-state index is 0.150. The number of alkyl halides is 3. The van der Waals surface area contributed by atoms with Crippen molar-refractivity contribution >= 4 is 18.0 Å². The van der Waals surface area contributed by atoms with Crippen molar-refractivity contribution in [2.75, 3.05) is 13.6 Å². The number of nitrogens with zero attached hydrogens (tertiary/aromatic N) is 3. The average Bonchev–Trinajstić information content (AvgIpc) is 3.65. The molecule has 1 saturated carbocycles. The van der Waals surface area contributed by atoms with Crippen LogP contribution in [-0.4, -0.2) is 60.1 Å². The maximum atomic E-state index is 14.8. The molecule has 0 unspecified atom stereocenters. The van der Waals surface area contributed by atoms with Gasteiger partial charge in [0.1, 0.15) is 12.2 Å². The number of hydrogen-bond acceptors (Lipinski definition) is 5. The molecule has 7 nitrogen and oxygen atoms in total. The van der Waals surface area contributed by atoms with E-state index in [0.717, 1.165) is 24.0 Å². The number of benzene rings is 1. The number of carbonyl (C=O) groups excluding carboxylic acids is 2. The van der Waals surface area contributed by atoms with Crippen LogP contribution in [0, 0.1) is 5.95 Å². The Morgan fingerprint density at radius 3 is 2.53 bits per heavy atom. The highest BCUT2D eigenvalue weighted by molar-refractivity contribution is 5.90. The highest BCUT2D eigenvalue weighted by Crippen LogP contribution is 2.41. The Morgan fingerprint density at radius 2 is 1.92 bits per heavy atom. The quantitative estimate of drug-likeness (QED) is 0.292. The Labute approximate surface area is 217 Å². The number of aliphatic imine (C=N–C) groups is 1. The van der Waals surface area contributed by atoms with E-state index < -0.39 is 60.1 Å². The van der Waals surface area contributed by atoms with Crippen molar-refractivity contribution in [2.45, 2.75) is 56.3 Å². The lowest BCUT2D eigenvalue weighted by Gasteiger charge is -2.27. The molecule has 11 heteroatoms. The predicted molar refractivity (Wildman–Crippen MR) is 134 cm³/mol. The first-order chi connectivity index (χ1) is 18.2. The Bertz CT molecular complexity index is 1230. The third-order valence-electron chi connectivity index (χ3n) is 6.72. The number of aromatic nitrogens is 1. The molecule has 3 atom stereocenters. The van der Waals surface area contributed by atoms with Crippen molar-refractivity contribution in [3.8, 4) is 0 Å². The Morgan fingerprint density at radius 1 is 1.21 bits per heavy atom. The Balaban J connectivity index is 1.57. The van der Waals surface area contributed by atoms with Gasteiger partial charge in [0.15, 0.2) is 0 Å². The zero-order valence-corrected chi connectivity index (χ0v) is 20.8. The minimum atomic E-state index is -2.95. The fourth-order valence-corrected chi connectivity index (χ4v) is 4.62. The van der Waals surface area contributed by atoms with Crippen molar-refractivity contribution < 1.29 is 27.2 Å². The number of rotatable bonds is 9. The SMILES string of the molecule is CN=CC(=C(N)CC(=O)N1C[C@H](F)C[C@H]1C(=O)N[C@@H](c1ccccc1)c1ccc(C2CC2)c(F)n1)C(F)F. The van der Waals surface area contributed by atoms with Gasteiger partial charge in [0, 0.05) is 30.9 Å². The van der Waals surface area contributed by atoms with Gasteiger partial charge in [0.05, 0.1) is 30.3 Å². The molecule has 4 rings (SSSR count). The fourth-order valence-electron chi connectivity index (χ4n) is 4.62. The van der Waals surface area contributed by atoms with Crippen LogP contribution in [0.15, 0.2) is 58.7 Å². The first-order valence-corrected chi connectivity index (χ1v) is 12.3. The summed E-state index contributed by atoms with van der Waals surface area (Å²) >= 11 is 0. The maximum absolute atomic E-state index is 14.8. The highest BCUT2D eigenvalue weighted by atomic mass is 19.3. The molecule has 2 aliphatic rings. The summed E-state index contributed by atoms with van der Waals surface area (Å²) < 4.78 is 55.8. The number of nitrogens with two attached hydrogens (primary N) is 1. The van der Waals surface area contributed by atoms with Gasteiger partial charge < -0.3 is 16.0 Å². The lowest BCUT2D eigenvalue weighted by molar-refractivity contribution is -0.138. The standard InChI is InChI=1S/C27H29F4N5O2/c1-33-13-19(25(29)30)20(32)12-23(37)36-14-17(28)11-22(36)27(38)35-24(16-5-3-2-4-6-16)21-10-9-18(15-7-8-15)26(31)34-21/h2-6,9-10,13,15,17,22,24-25H,7-8,11-12,14,32H2,1H3,(H,35,38)/t17-,22+,24+/m1/s1. The van der Waals surface area contributed by atoms with Gasteiger partial charge in [-0.25, -0.2) is 18.2 Å². The van der Waals surface area contributed by atoms with Crippen molar-refractivity contribution in [3.63, 3.8) is 0 Å². The van der Waals surface area contributed by atoms with Crippen molar-refractivity contribution in [1.29, 1.82) is 0 Å². The second-order valence-corrected chi connectivity index (χ2v) is 9.48. The molecule has 202 valence electrons. The zero-order chi connectivity index (χ0) is 27.4. The number of pyridine rings is 1. The van der Waals surface area contributed by atoms with Crippen LogP contribution in [0.1, 0.15) is 54.5 Å². The van der Waals surface area contributed by atoms with Gasteiger partial charge in [-0.3, -0.25) is 14.6 Å². The number of nitrogens with one attached hydrogen (secondary N) is 1. The lowest BCUT2D eigenvalue weighted by atomic mass is 10.0. The summed E-state index contributed by atoms with van der Waals surface area (Å²) in [6.45, 7) is -0.380. The van der Waals surface area contributed by atoms with Gasteiger partial charge in [-0.2, -0.15) is 4.39 Å². The molecular weight excluding hydrogens is 502 g/mol. The summed E-state index contributed by atoms with van der Waals surface area (Å²) in [6, 6.07) is 10.0. The van der Waals surface area contributed by atoms with Crippen LogP contribution in [0.4, 0.5) is 17.6 Å². The molecule has 38 heavy (non-hydrogen) atoms. The van der Waals surface area contributed by atoms with Gasteiger partial charge in [-0.05, 0) is 30.4 Å². The molecule has 2 amide bonds. The molecule has 3 N–H and O–H groups in total. The number of amides is 2. The fraction of sp³-hybridized carbons (Fsp3) is 0.407. The summed E-state index contributed by atoms with van der Waals surface area (Å²) in [5, 5.41) is 2.79. The molecular formula is C27H29F4N5O2. The van der Waals surface area contributed by atoms with E-state index in [1.165, 1.54) is 7.05 Å². The van der Waals surface area contributed by atoms with E-state index in [9.17, 15) is 27.2 Å². The number of likely N-dealkylation sites (tertiary alicyclic amines) is 1. The van der Waals surface area contributed by atoms with Crippen molar-refractivity contribution in [2.24, 2.45) is 10.7 Å². The van der Waals surface area contributed by atoms with E-state index in [-0.39, 0.29) is 24.6 Å². The van der Waals surface area contributed by atoms with Crippen molar-refractivity contribution in [1.82, 2.24) is 15.2 Å². The molecule has 1 aromatic heterocycles. The highest BCUT2D eigenvalue weighted by Gasteiger charge is 2.41. The van der Waals surface area contributed by atoms with E-state index in [1.54, 1.807) is 42.5 Å². The number of allylic oxidation sites excluding steroid dienone is 1. The first kappa shape index (κ1) is 27.3. The molecule has 2 fully saturated rings. The molecule has 0 bridgehead atoms. The summed E-state index contributed by atoms with van der Waals surface area (Å²) in [7, 11) is 1.29. The maximum Gasteiger partial charge on any atom is 0.266 e. The van der Waals surface area contributed by atoms with E-state index in [1.807, 2.05) is 0 Å². The van der Waals surface area contributed by atoms with Crippen molar-refractivity contribution in [3.05, 3.63) is 76.5 Å². The molecule has 2 heterocycles. The Hall–Kier alpha value is -3.76. The molecule has 1 aliphatic carbocycles. The zero-order valence-electron chi connectivity index (χ0n) is 20.8. The van der Waals surface area contributed by atoms with Crippen LogP contribution in [0.5, 0.6) is 0 Å². The third-order valence-corrected chi connectivity index (χ3v) is 6.72. The molecule has 2 aromatic rings. The van der Waals surface area contributed by atoms with Crippen LogP contribution in [0.3, 0.4) is 0 Å². The van der Waals surface area contributed by atoms with E-state index >= 15 is 0 Å². The molecule has 0 radical (unpaired) electrons. The van der Waals surface area contributed by atoms with Crippen LogP contribution in [-0.2, 0) is 9.59 Å². The third kappa shape index (κ3) is 6.20. The van der Waals surface area contributed by atoms with E-state index in [0.29, 0.717) is 11.1 Å². The van der Waals surface area contributed by atoms with Crippen LogP contribution >= 0.6 is 0 Å². The van der Waals surface area contributed by atoms with Gasteiger partial charge >= 0.3 is 0 Å². The largest absolute Gasteiger partial charge is 0.401 e. The molecule has 1 saturated heterocycles. The van der Waals surface area contributed by atoms with Crippen LogP contribution in [0.25, 0.3) is 0 Å². The predicted octanol–water partition coefficient (Wildman–Crippen LogP) is 3.81. The number of carbonyl (C=O) groups is 2. The van der Waals surface area contributed by atoms with Crippen LogP contribution in [0.2, 0.25) is 0 Å². The van der Waals surface area contributed by atoms with E-state index in [4.69, 9.17) is 5.73 Å². The molecule has 1 aromatic carbocycles. The van der Waals surface area contributed by atoms with Gasteiger partial charge in [-0.1, -0.05) is 36.4 Å².